The lowest BCUT2D eigenvalue weighted by molar-refractivity contribution is 0.0937. The number of amides is 1. The number of hydrogen-bond acceptors (Lipinski definition) is 2. The van der Waals surface area contributed by atoms with Gasteiger partial charge in [-0.05, 0) is 50.7 Å². The minimum atomic E-state index is 0.0240. The molecule has 0 radical (unpaired) electrons. The van der Waals surface area contributed by atoms with Crippen LogP contribution in [0.15, 0.2) is 18.3 Å². The van der Waals surface area contributed by atoms with Gasteiger partial charge in [-0.1, -0.05) is 0 Å². The van der Waals surface area contributed by atoms with Gasteiger partial charge in [-0.3, -0.25) is 4.79 Å². The van der Waals surface area contributed by atoms with Gasteiger partial charge in [0.15, 0.2) is 0 Å². The Hall–Kier alpha value is -1.29. The Bertz CT molecular complexity index is 383. The third kappa shape index (κ3) is 3.13. The van der Waals surface area contributed by atoms with Gasteiger partial charge in [-0.2, -0.15) is 0 Å². The van der Waals surface area contributed by atoms with Gasteiger partial charge in [0.05, 0.1) is 0 Å². The predicted molar refractivity (Wildman–Crippen MR) is 70.6 cm³/mol. The summed E-state index contributed by atoms with van der Waals surface area (Å²) in [5.74, 6) is 0.0240. The van der Waals surface area contributed by atoms with Crippen LogP contribution in [0.3, 0.4) is 0 Å². The third-order valence-corrected chi connectivity index (χ3v) is 3.60. The number of aromatic nitrogens is 1. The molecule has 0 spiro atoms. The average molecular weight is 250 g/mol. The number of carbonyl (C=O) groups is 1. The first-order chi connectivity index (χ1) is 8.83. The number of nitrogens with one attached hydrogen (secondary N) is 1. The summed E-state index contributed by atoms with van der Waals surface area (Å²) in [4.78, 5) is 12.0. The normalized spacial score (nSPS) is 15.4. The van der Waals surface area contributed by atoms with Crippen LogP contribution >= 0.6 is 0 Å². The average Bonchev–Trinajstić information content (AvgIpc) is 2.75. The molecule has 0 aromatic carbocycles. The first-order valence-electron chi connectivity index (χ1n) is 6.89. The smallest absolute Gasteiger partial charge is 0.267 e. The van der Waals surface area contributed by atoms with Crippen LogP contribution in [0.25, 0.3) is 0 Å². The summed E-state index contributed by atoms with van der Waals surface area (Å²) in [6, 6.07) is 4.36. The largest absolute Gasteiger partial charge is 0.396 e. The van der Waals surface area contributed by atoms with Crippen LogP contribution in [0.4, 0.5) is 0 Å². The second-order valence-electron chi connectivity index (χ2n) is 4.93. The van der Waals surface area contributed by atoms with Crippen LogP contribution in [0.2, 0.25) is 0 Å². The minimum absolute atomic E-state index is 0.0240. The van der Waals surface area contributed by atoms with Crippen LogP contribution in [-0.4, -0.2) is 28.7 Å². The maximum Gasteiger partial charge on any atom is 0.267 e. The van der Waals surface area contributed by atoms with Crippen molar-refractivity contribution in [2.24, 2.45) is 0 Å². The van der Waals surface area contributed by atoms with Gasteiger partial charge in [0.1, 0.15) is 5.69 Å². The van der Waals surface area contributed by atoms with E-state index in [0.29, 0.717) is 12.6 Å². The molecule has 4 heteroatoms. The zero-order valence-corrected chi connectivity index (χ0v) is 10.8. The Labute approximate surface area is 108 Å². The lowest BCUT2D eigenvalue weighted by Gasteiger charge is -2.28. The van der Waals surface area contributed by atoms with E-state index in [4.69, 9.17) is 5.11 Å². The lowest BCUT2D eigenvalue weighted by atomic mass is 9.93. The molecule has 0 unspecified atom stereocenters. The van der Waals surface area contributed by atoms with E-state index in [2.05, 4.69) is 9.88 Å². The molecular weight excluding hydrogens is 228 g/mol. The molecule has 0 aliphatic heterocycles. The van der Waals surface area contributed by atoms with E-state index in [0.717, 1.165) is 25.0 Å². The monoisotopic (exact) mass is 250 g/mol. The molecule has 1 fully saturated rings. The minimum Gasteiger partial charge on any atom is -0.396 e. The maximum absolute atomic E-state index is 12.0. The van der Waals surface area contributed by atoms with Crippen molar-refractivity contribution >= 4 is 5.91 Å². The van der Waals surface area contributed by atoms with E-state index in [1.54, 1.807) is 0 Å². The molecular formula is C14H22N2O2. The summed E-state index contributed by atoms with van der Waals surface area (Å²) in [7, 11) is 0. The van der Waals surface area contributed by atoms with Crippen molar-refractivity contribution in [2.75, 3.05) is 13.2 Å². The summed E-state index contributed by atoms with van der Waals surface area (Å²) >= 11 is 0. The molecule has 1 aliphatic carbocycles. The summed E-state index contributed by atoms with van der Waals surface area (Å²) < 4.78 is 2.10. The highest BCUT2D eigenvalue weighted by molar-refractivity contribution is 5.92. The quantitative estimate of drug-likeness (QED) is 0.728. The molecule has 4 nitrogen and oxygen atoms in total. The van der Waals surface area contributed by atoms with Gasteiger partial charge < -0.3 is 15.0 Å². The van der Waals surface area contributed by atoms with Crippen LogP contribution in [0.5, 0.6) is 0 Å². The predicted octanol–water partition coefficient (Wildman–Crippen LogP) is 2.11. The summed E-state index contributed by atoms with van der Waals surface area (Å²) in [6.07, 6.45) is 8.34. The van der Waals surface area contributed by atoms with E-state index < -0.39 is 0 Å². The van der Waals surface area contributed by atoms with Crippen molar-refractivity contribution < 1.29 is 9.90 Å². The highest BCUT2D eigenvalue weighted by Gasteiger charge is 2.22. The number of aliphatic hydroxyl groups is 1. The van der Waals surface area contributed by atoms with Crippen molar-refractivity contribution in [3.63, 3.8) is 0 Å². The van der Waals surface area contributed by atoms with Gasteiger partial charge in [-0.15, -0.1) is 0 Å². The maximum atomic E-state index is 12.0. The number of carbonyl (C=O) groups excluding carboxylic acids is 1. The van der Waals surface area contributed by atoms with Gasteiger partial charge >= 0.3 is 0 Å². The van der Waals surface area contributed by atoms with E-state index in [9.17, 15) is 4.79 Å². The van der Waals surface area contributed by atoms with E-state index in [-0.39, 0.29) is 12.5 Å². The zero-order chi connectivity index (χ0) is 12.8. The second kappa shape index (κ2) is 6.59. The van der Waals surface area contributed by atoms with Crippen molar-refractivity contribution in [1.82, 2.24) is 9.88 Å². The van der Waals surface area contributed by atoms with Crippen molar-refractivity contribution in [3.8, 4) is 0 Å². The molecule has 0 bridgehead atoms. The molecule has 1 saturated carbocycles. The number of hydrogen-bond donors (Lipinski definition) is 2. The SMILES string of the molecule is O=C(NCCCCCO)c1cccn1C1CCC1. The molecule has 2 N–H and O–H groups in total. The van der Waals surface area contributed by atoms with Crippen molar-refractivity contribution in [2.45, 2.75) is 44.6 Å². The highest BCUT2D eigenvalue weighted by atomic mass is 16.2. The number of nitrogens with zero attached hydrogens (tertiary/aromatic N) is 1. The standard InChI is InChI=1S/C14H22N2O2/c17-11-3-1-2-9-15-14(18)13-8-5-10-16(13)12-6-4-7-12/h5,8,10,12,17H,1-4,6-7,9,11H2,(H,15,18). The van der Waals surface area contributed by atoms with Crippen LogP contribution < -0.4 is 5.32 Å². The molecule has 2 rings (SSSR count). The molecule has 18 heavy (non-hydrogen) atoms. The Morgan fingerprint density at radius 3 is 2.89 bits per heavy atom. The molecule has 1 aliphatic rings. The molecule has 1 aromatic heterocycles. The molecule has 1 aromatic rings. The molecule has 0 saturated heterocycles. The fourth-order valence-electron chi connectivity index (χ4n) is 2.28. The van der Waals surface area contributed by atoms with E-state index in [1.165, 1.54) is 19.3 Å². The molecule has 100 valence electrons. The van der Waals surface area contributed by atoms with Crippen LogP contribution in [-0.2, 0) is 0 Å². The summed E-state index contributed by atoms with van der Waals surface area (Å²) in [6.45, 7) is 0.924. The van der Waals surface area contributed by atoms with Crippen molar-refractivity contribution in [3.05, 3.63) is 24.0 Å². The molecule has 1 amide bonds. The van der Waals surface area contributed by atoms with Gasteiger partial charge in [0.25, 0.3) is 5.91 Å². The second-order valence-corrected chi connectivity index (χ2v) is 4.93. The van der Waals surface area contributed by atoms with Crippen LogP contribution in [0, 0.1) is 0 Å². The zero-order valence-electron chi connectivity index (χ0n) is 10.8. The Morgan fingerprint density at radius 1 is 1.39 bits per heavy atom. The Morgan fingerprint density at radius 2 is 2.22 bits per heavy atom. The van der Waals surface area contributed by atoms with Crippen LogP contribution in [0.1, 0.15) is 55.1 Å². The number of unbranched alkanes of at least 4 members (excludes halogenated alkanes) is 2. The first kappa shape index (κ1) is 13.1. The first-order valence-corrected chi connectivity index (χ1v) is 6.89. The van der Waals surface area contributed by atoms with E-state index in [1.807, 2.05) is 18.3 Å². The number of rotatable bonds is 7. The fraction of sp³-hybridized carbons (Fsp3) is 0.643. The topological polar surface area (TPSA) is 54.3 Å². The van der Waals surface area contributed by atoms with Gasteiger partial charge in [-0.25, -0.2) is 0 Å². The summed E-state index contributed by atoms with van der Waals surface area (Å²) in [5.41, 5.74) is 0.779. The fourth-order valence-corrected chi connectivity index (χ4v) is 2.28. The third-order valence-electron chi connectivity index (χ3n) is 3.60. The number of aliphatic hydroxyl groups excluding tert-OH is 1. The Kier molecular flexibility index (Phi) is 4.81. The lowest BCUT2D eigenvalue weighted by Crippen LogP contribution is -2.29. The molecule has 1 heterocycles. The van der Waals surface area contributed by atoms with Crippen molar-refractivity contribution in [1.29, 1.82) is 0 Å². The molecule has 0 atom stereocenters. The Balaban J connectivity index is 1.79. The van der Waals surface area contributed by atoms with E-state index >= 15 is 0 Å². The summed E-state index contributed by atoms with van der Waals surface area (Å²) in [5, 5.41) is 11.6. The van der Waals surface area contributed by atoms with Gasteiger partial charge in [0.2, 0.25) is 0 Å². The van der Waals surface area contributed by atoms with Gasteiger partial charge in [0, 0.05) is 25.4 Å². The highest BCUT2D eigenvalue weighted by Crippen LogP contribution is 2.32.